The summed E-state index contributed by atoms with van der Waals surface area (Å²) in [6.07, 6.45) is 0.640. The summed E-state index contributed by atoms with van der Waals surface area (Å²) in [6.45, 7) is 2.67. The lowest BCUT2D eigenvalue weighted by Crippen LogP contribution is -2.46. The summed E-state index contributed by atoms with van der Waals surface area (Å²) in [5.74, 6) is -0.753. The number of aryl methyl sites for hydroxylation is 1. The molecule has 0 saturated carbocycles. The van der Waals surface area contributed by atoms with Crippen LogP contribution in [0.3, 0.4) is 0 Å². The van der Waals surface area contributed by atoms with Gasteiger partial charge < -0.3 is 4.90 Å². The van der Waals surface area contributed by atoms with E-state index in [1.54, 1.807) is 0 Å². The van der Waals surface area contributed by atoms with Crippen LogP contribution in [-0.4, -0.2) is 32.3 Å². The Bertz CT molecular complexity index is 855. The molecular weight excluding hydrogens is 407 g/mol. The minimum Gasteiger partial charge on any atom is -0.359 e. The summed E-state index contributed by atoms with van der Waals surface area (Å²) in [5.41, 5.74) is 0.153. The zero-order valence-electron chi connectivity index (χ0n) is 15.8. The van der Waals surface area contributed by atoms with Gasteiger partial charge in [0, 0.05) is 30.6 Å². The average molecular weight is 430 g/mol. The number of alkyl halides is 2. The van der Waals surface area contributed by atoms with Crippen molar-refractivity contribution >= 4 is 28.8 Å². The first-order chi connectivity index (χ1) is 13.4. The molecule has 1 aliphatic rings. The van der Waals surface area contributed by atoms with Crippen LogP contribution >= 0.6 is 23.8 Å². The maximum absolute atomic E-state index is 14.6. The monoisotopic (exact) mass is 429 g/mol. The fourth-order valence-electron chi connectivity index (χ4n) is 4.12. The van der Waals surface area contributed by atoms with Crippen LogP contribution in [-0.2, 0) is 7.05 Å². The van der Waals surface area contributed by atoms with Crippen LogP contribution in [0.4, 0.5) is 13.2 Å². The smallest absolute Gasteiger partial charge is 0.282 e. The van der Waals surface area contributed by atoms with Gasteiger partial charge in [-0.05, 0) is 37.3 Å². The predicted octanol–water partition coefficient (Wildman–Crippen LogP) is 5.87. The molecule has 0 spiro atoms. The molecule has 0 aliphatic carbocycles. The Kier molecular flexibility index (Phi) is 6.65. The van der Waals surface area contributed by atoms with Gasteiger partial charge in [-0.2, -0.15) is 9.49 Å². The van der Waals surface area contributed by atoms with Crippen LogP contribution in [0.25, 0.3) is 0 Å². The lowest BCUT2D eigenvalue weighted by Gasteiger charge is -2.42. The molecular formula is C20H23ClF3N3S. The van der Waals surface area contributed by atoms with E-state index in [-0.39, 0.29) is 22.5 Å². The molecule has 2 heterocycles. The van der Waals surface area contributed by atoms with Crippen molar-refractivity contribution in [3.63, 3.8) is 0 Å². The highest BCUT2D eigenvalue weighted by atomic mass is 35.5. The number of hydrogen-bond acceptors (Lipinski definition) is 2. The Morgan fingerprint density at radius 1 is 1.32 bits per heavy atom. The fraction of sp³-hybridized carbons (Fsp3) is 0.500. The van der Waals surface area contributed by atoms with Gasteiger partial charge >= 0.3 is 0 Å². The van der Waals surface area contributed by atoms with Gasteiger partial charge in [-0.25, -0.2) is 13.5 Å². The SMILES string of the molecule is CCC(c1ccccc1Cl)C1CCCCN1C(=S)c1c(C(F)F)nn(C)c1F. The van der Waals surface area contributed by atoms with E-state index in [1.165, 1.54) is 7.05 Å². The van der Waals surface area contributed by atoms with E-state index in [4.69, 9.17) is 23.8 Å². The van der Waals surface area contributed by atoms with Crippen molar-refractivity contribution in [2.24, 2.45) is 7.05 Å². The summed E-state index contributed by atoms with van der Waals surface area (Å²) >= 11 is 12.0. The van der Waals surface area contributed by atoms with Crippen molar-refractivity contribution in [2.75, 3.05) is 6.54 Å². The highest BCUT2D eigenvalue weighted by Gasteiger charge is 2.36. The molecule has 152 valence electrons. The molecule has 0 amide bonds. The average Bonchev–Trinajstić information content (AvgIpc) is 2.99. The van der Waals surface area contributed by atoms with E-state index in [2.05, 4.69) is 12.0 Å². The second kappa shape index (κ2) is 8.82. The second-order valence-electron chi connectivity index (χ2n) is 7.07. The molecule has 1 saturated heterocycles. The highest BCUT2D eigenvalue weighted by Crippen LogP contribution is 2.38. The molecule has 1 aromatic carbocycles. The summed E-state index contributed by atoms with van der Waals surface area (Å²) in [6, 6.07) is 7.62. The third-order valence-corrected chi connectivity index (χ3v) is 6.23. The number of halogens is 4. The molecule has 0 radical (unpaired) electrons. The Labute approximate surface area is 173 Å². The molecule has 0 N–H and O–H groups in total. The molecule has 1 aromatic heterocycles. The van der Waals surface area contributed by atoms with Gasteiger partial charge in [0.05, 0.1) is 5.56 Å². The van der Waals surface area contributed by atoms with Crippen LogP contribution in [0.5, 0.6) is 0 Å². The number of piperidine rings is 1. The molecule has 1 aliphatic heterocycles. The Morgan fingerprint density at radius 3 is 2.68 bits per heavy atom. The number of thiocarbonyl (C=S) groups is 1. The lowest BCUT2D eigenvalue weighted by molar-refractivity contribution is 0.144. The van der Waals surface area contributed by atoms with Crippen molar-refractivity contribution < 1.29 is 13.2 Å². The van der Waals surface area contributed by atoms with Gasteiger partial charge in [-0.15, -0.1) is 0 Å². The molecule has 8 heteroatoms. The van der Waals surface area contributed by atoms with Crippen LogP contribution in [0.15, 0.2) is 24.3 Å². The van der Waals surface area contributed by atoms with Crippen molar-refractivity contribution in [2.45, 2.75) is 51.0 Å². The Hall–Kier alpha value is -1.60. The van der Waals surface area contributed by atoms with Gasteiger partial charge in [0.15, 0.2) is 0 Å². The maximum Gasteiger partial charge on any atom is 0.282 e. The van der Waals surface area contributed by atoms with E-state index in [9.17, 15) is 13.2 Å². The number of aromatic nitrogens is 2. The third kappa shape index (κ3) is 3.92. The summed E-state index contributed by atoms with van der Waals surface area (Å²) < 4.78 is 42.3. The summed E-state index contributed by atoms with van der Waals surface area (Å²) in [7, 11) is 1.31. The van der Waals surface area contributed by atoms with Crippen molar-refractivity contribution in [3.8, 4) is 0 Å². The first kappa shape index (κ1) is 21.1. The zero-order valence-corrected chi connectivity index (χ0v) is 17.4. The lowest BCUT2D eigenvalue weighted by atomic mass is 9.83. The first-order valence-electron chi connectivity index (χ1n) is 9.42. The highest BCUT2D eigenvalue weighted by molar-refractivity contribution is 7.80. The summed E-state index contributed by atoms with van der Waals surface area (Å²) in [4.78, 5) is 2.01. The predicted molar refractivity (Wildman–Crippen MR) is 109 cm³/mol. The fourth-order valence-corrected chi connectivity index (χ4v) is 4.81. The van der Waals surface area contributed by atoms with Crippen LogP contribution in [0.2, 0.25) is 5.02 Å². The minimum absolute atomic E-state index is 0.0312. The molecule has 3 rings (SSSR count). The quantitative estimate of drug-likeness (QED) is 0.554. The van der Waals surface area contributed by atoms with Gasteiger partial charge in [-0.3, -0.25) is 0 Å². The van der Waals surface area contributed by atoms with E-state index in [0.29, 0.717) is 11.6 Å². The maximum atomic E-state index is 14.6. The Morgan fingerprint density at radius 2 is 2.04 bits per heavy atom. The number of nitrogens with zero attached hydrogens (tertiary/aromatic N) is 3. The summed E-state index contributed by atoms with van der Waals surface area (Å²) in [5, 5.41) is 4.32. The normalized spacial score (nSPS) is 18.5. The molecule has 2 unspecified atom stereocenters. The molecule has 3 nitrogen and oxygen atoms in total. The van der Waals surface area contributed by atoms with Crippen molar-refractivity contribution in [1.29, 1.82) is 0 Å². The van der Waals surface area contributed by atoms with Gasteiger partial charge in [-0.1, -0.05) is 48.9 Å². The number of benzene rings is 1. The number of rotatable bonds is 5. The van der Waals surface area contributed by atoms with Gasteiger partial charge in [0.1, 0.15) is 10.7 Å². The van der Waals surface area contributed by atoms with Crippen molar-refractivity contribution in [1.82, 2.24) is 14.7 Å². The third-order valence-electron chi connectivity index (χ3n) is 5.44. The molecule has 28 heavy (non-hydrogen) atoms. The van der Waals surface area contributed by atoms with Crippen LogP contribution in [0.1, 0.15) is 61.8 Å². The molecule has 2 aromatic rings. The Balaban J connectivity index is 2.00. The minimum atomic E-state index is -2.89. The van der Waals surface area contributed by atoms with E-state index in [0.717, 1.165) is 35.9 Å². The van der Waals surface area contributed by atoms with Crippen LogP contribution in [0, 0.1) is 5.95 Å². The van der Waals surface area contributed by atoms with Gasteiger partial charge in [0.2, 0.25) is 5.95 Å². The standard InChI is InChI=1S/C20H23ClF3N3S/c1-3-12(13-8-4-5-9-14(13)21)15-10-6-7-11-27(15)20(28)16-17(18(22)23)25-26(2)19(16)24/h4-5,8-9,12,15,18H,3,6-7,10-11H2,1-2H3. The van der Waals surface area contributed by atoms with E-state index in [1.807, 2.05) is 29.2 Å². The molecule has 1 fully saturated rings. The zero-order chi connectivity index (χ0) is 20.4. The number of likely N-dealkylation sites (tertiary alicyclic amines) is 1. The topological polar surface area (TPSA) is 21.1 Å². The van der Waals surface area contributed by atoms with E-state index < -0.39 is 18.1 Å². The van der Waals surface area contributed by atoms with Gasteiger partial charge in [0.25, 0.3) is 6.43 Å². The first-order valence-corrected chi connectivity index (χ1v) is 10.2. The second-order valence-corrected chi connectivity index (χ2v) is 7.87. The van der Waals surface area contributed by atoms with E-state index >= 15 is 0 Å². The number of hydrogen-bond donors (Lipinski definition) is 0. The molecule has 0 bridgehead atoms. The molecule has 2 atom stereocenters. The largest absolute Gasteiger partial charge is 0.359 e. The van der Waals surface area contributed by atoms with Crippen molar-refractivity contribution in [3.05, 3.63) is 52.1 Å². The van der Waals surface area contributed by atoms with Crippen LogP contribution < -0.4 is 0 Å².